The van der Waals surface area contributed by atoms with Gasteiger partial charge in [0.15, 0.2) is 0 Å². The molecule has 2 atom stereocenters. The first-order valence-electron chi connectivity index (χ1n) is 5.90. The fraction of sp³-hybridized carbons (Fsp3) is 0.917. The summed E-state index contributed by atoms with van der Waals surface area (Å²) in [6, 6.07) is 0. The molecule has 0 spiro atoms. The molecule has 3 nitrogen and oxygen atoms in total. The molecule has 0 aromatic heterocycles. The summed E-state index contributed by atoms with van der Waals surface area (Å²) in [7, 11) is 0. The Morgan fingerprint density at radius 1 is 1.33 bits per heavy atom. The minimum atomic E-state index is 0.0305. The van der Waals surface area contributed by atoms with E-state index in [1.807, 2.05) is 0 Å². The number of hydrogen-bond acceptors (Lipinski definition) is 2. The molecule has 0 radical (unpaired) electrons. The van der Waals surface area contributed by atoms with E-state index in [4.69, 9.17) is 4.74 Å². The Kier molecular flexibility index (Phi) is 8.38. The molecule has 2 unspecified atom stereocenters. The van der Waals surface area contributed by atoms with E-state index in [9.17, 15) is 4.79 Å². The Morgan fingerprint density at radius 2 is 2.00 bits per heavy atom. The van der Waals surface area contributed by atoms with Crippen LogP contribution >= 0.6 is 0 Å². The molecule has 15 heavy (non-hydrogen) atoms. The fourth-order valence-electron chi connectivity index (χ4n) is 1.27. The average molecular weight is 215 g/mol. The predicted molar refractivity (Wildman–Crippen MR) is 62.7 cm³/mol. The standard InChI is InChI=1S/C12H25NO2/c1-5-10(2)11(3)9-15-8-6-7-13-12(4)14/h10-11H,5-9H2,1-4H3,(H,13,14). The highest BCUT2D eigenvalue weighted by atomic mass is 16.5. The lowest BCUT2D eigenvalue weighted by Gasteiger charge is -2.18. The number of carbonyl (C=O) groups excluding carboxylic acids is 1. The van der Waals surface area contributed by atoms with E-state index in [1.165, 1.54) is 13.3 Å². The lowest BCUT2D eigenvalue weighted by molar-refractivity contribution is -0.119. The number of amides is 1. The lowest BCUT2D eigenvalue weighted by atomic mass is 9.95. The first-order valence-corrected chi connectivity index (χ1v) is 5.90. The molecule has 0 aliphatic rings. The molecular weight excluding hydrogens is 190 g/mol. The first kappa shape index (κ1) is 14.4. The van der Waals surface area contributed by atoms with Crippen LogP contribution in [0.15, 0.2) is 0 Å². The molecule has 1 N–H and O–H groups in total. The third-order valence-electron chi connectivity index (χ3n) is 2.84. The molecule has 0 rings (SSSR count). The maximum atomic E-state index is 10.6. The van der Waals surface area contributed by atoms with Crippen molar-refractivity contribution in [1.29, 1.82) is 0 Å². The Morgan fingerprint density at radius 3 is 2.53 bits per heavy atom. The van der Waals surface area contributed by atoms with Crippen molar-refractivity contribution < 1.29 is 9.53 Å². The van der Waals surface area contributed by atoms with Crippen molar-refractivity contribution in [3.8, 4) is 0 Å². The molecule has 90 valence electrons. The van der Waals surface area contributed by atoms with Crippen molar-refractivity contribution in [3.63, 3.8) is 0 Å². The highest BCUT2D eigenvalue weighted by Gasteiger charge is 2.09. The van der Waals surface area contributed by atoms with Crippen LogP contribution in [-0.2, 0) is 9.53 Å². The zero-order valence-corrected chi connectivity index (χ0v) is 10.5. The van der Waals surface area contributed by atoms with Gasteiger partial charge in [-0.1, -0.05) is 27.2 Å². The van der Waals surface area contributed by atoms with Crippen molar-refractivity contribution in [3.05, 3.63) is 0 Å². The van der Waals surface area contributed by atoms with Gasteiger partial charge >= 0.3 is 0 Å². The molecule has 3 heteroatoms. The molecule has 0 aliphatic carbocycles. The molecule has 0 saturated heterocycles. The van der Waals surface area contributed by atoms with Crippen LogP contribution in [0.4, 0.5) is 0 Å². The van der Waals surface area contributed by atoms with Crippen molar-refractivity contribution >= 4 is 5.91 Å². The van der Waals surface area contributed by atoms with Gasteiger partial charge in [-0.15, -0.1) is 0 Å². The topological polar surface area (TPSA) is 38.3 Å². The van der Waals surface area contributed by atoms with Crippen LogP contribution in [0.25, 0.3) is 0 Å². The number of nitrogens with one attached hydrogen (secondary N) is 1. The van der Waals surface area contributed by atoms with Crippen LogP contribution in [-0.4, -0.2) is 25.7 Å². The van der Waals surface area contributed by atoms with Crippen LogP contribution in [0.1, 0.15) is 40.5 Å². The van der Waals surface area contributed by atoms with Gasteiger partial charge in [-0.05, 0) is 18.3 Å². The van der Waals surface area contributed by atoms with Crippen LogP contribution in [0, 0.1) is 11.8 Å². The van der Waals surface area contributed by atoms with Gasteiger partial charge in [-0.2, -0.15) is 0 Å². The molecule has 0 aromatic carbocycles. The number of hydrogen-bond donors (Lipinski definition) is 1. The third-order valence-corrected chi connectivity index (χ3v) is 2.84. The van der Waals surface area contributed by atoms with E-state index in [1.54, 1.807) is 0 Å². The Hall–Kier alpha value is -0.570. The maximum Gasteiger partial charge on any atom is 0.216 e. The third kappa shape index (κ3) is 8.43. The summed E-state index contributed by atoms with van der Waals surface area (Å²) in [5, 5.41) is 2.75. The van der Waals surface area contributed by atoms with Gasteiger partial charge < -0.3 is 10.1 Å². The summed E-state index contributed by atoms with van der Waals surface area (Å²) >= 11 is 0. The molecule has 0 saturated carbocycles. The van der Waals surface area contributed by atoms with E-state index in [0.29, 0.717) is 12.5 Å². The molecule has 0 aliphatic heterocycles. The minimum Gasteiger partial charge on any atom is -0.381 e. The Bertz CT molecular complexity index is 171. The van der Waals surface area contributed by atoms with Crippen LogP contribution in [0.5, 0.6) is 0 Å². The van der Waals surface area contributed by atoms with Crippen LogP contribution < -0.4 is 5.32 Å². The average Bonchev–Trinajstić information content (AvgIpc) is 2.21. The molecule has 0 bridgehead atoms. The summed E-state index contributed by atoms with van der Waals surface area (Å²) in [5.74, 6) is 1.37. The zero-order valence-electron chi connectivity index (χ0n) is 10.5. The Labute approximate surface area is 93.6 Å². The van der Waals surface area contributed by atoms with Gasteiger partial charge in [-0.3, -0.25) is 4.79 Å². The summed E-state index contributed by atoms with van der Waals surface area (Å²) < 4.78 is 5.55. The second-order valence-corrected chi connectivity index (χ2v) is 4.27. The highest BCUT2D eigenvalue weighted by molar-refractivity contribution is 5.72. The van der Waals surface area contributed by atoms with Gasteiger partial charge in [0.25, 0.3) is 0 Å². The van der Waals surface area contributed by atoms with E-state index >= 15 is 0 Å². The van der Waals surface area contributed by atoms with Crippen molar-refractivity contribution in [2.75, 3.05) is 19.8 Å². The monoisotopic (exact) mass is 215 g/mol. The molecule has 0 heterocycles. The lowest BCUT2D eigenvalue weighted by Crippen LogP contribution is -2.22. The summed E-state index contributed by atoms with van der Waals surface area (Å²) in [5.41, 5.74) is 0. The molecule has 0 aromatic rings. The molecular formula is C12H25NO2. The van der Waals surface area contributed by atoms with Gasteiger partial charge in [0, 0.05) is 26.7 Å². The normalized spacial score (nSPS) is 14.7. The number of ether oxygens (including phenoxy) is 1. The maximum absolute atomic E-state index is 10.6. The van der Waals surface area contributed by atoms with E-state index < -0.39 is 0 Å². The molecule has 1 amide bonds. The predicted octanol–water partition coefficient (Wildman–Crippen LogP) is 2.21. The molecule has 0 fully saturated rings. The minimum absolute atomic E-state index is 0.0305. The SMILES string of the molecule is CCC(C)C(C)COCCCNC(C)=O. The van der Waals surface area contributed by atoms with Crippen LogP contribution in [0.2, 0.25) is 0 Å². The number of rotatable bonds is 8. The van der Waals surface area contributed by atoms with Crippen molar-refractivity contribution in [1.82, 2.24) is 5.32 Å². The largest absolute Gasteiger partial charge is 0.381 e. The fourth-order valence-corrected chi connectivity index (χ4v) is 1.27. The second-order valence-electron chi connectivity index (χ2n) is 4.27. The highest BCUT2D eigenvalue weighted by Crippen LogP contribution is 2.14. The van der Waals surface area contributed by atoms with Gasteiger partial charge in [0.2, 0.25) is 5.91 Å². The quantitative estimate of drug-likeness (QED) is 0.630. The van der Waals surface area contributed by atoms with Gasteiger partial charge in [0.05, 0.1) is 0 Å². The summed E-state index contributed by atoms with van der Waals surface area (Å²) in [6.07, 6.45) is 2.10. The van der Waals surface area contributed by atoms with Crippen LogP contribution in [0.3, 0.4) is 0 Å². The van der Waals surface area contributed by atoms with Gasteiger partial charge in [0.1, 0.15) is 0 Å². The van der Waals surface area contributed by atoms with Crippen molar-refractivity contribution in [2.24, 2.45) is 11.8 Å². The van der Waals surface area contributed by atoms with Crippen molar-refractivity contribution in [2.45, 2.75) is 40.5 Å². The summed E-state index contributed by atoms with van der Waals surface area (Å²) in [6.45, 7) is 10.5. The van der Waals surface area contributed by atoms with E-state index in [-0.39, 0.29) is 5.91 Å². The van der Waals surface area contributed by atoms with Gasteiger partial charge in [-0.25, -0.2) is 0 Å². The van der Waals surface area contributed by atoms with E-state index in [2.05, 4.69) is 26.1 Å². The first-order chi connectivity index (χ1) is 7.07. The second kappa shape index (κ2) is 8.72. The van der Waals surface area contributed by atoms with E-state index in [0.717, 1.165) is 25.6 Å². The zero-order chi connectivity index (χ0) is 11.7. The summed E-state index contributed by atoms with van der Waals surface area (Å²) in [4.78, 5) is 10.6. The smallest absolute Gasteiger partial charge is 0.216 e. The Balaban J connectivity index is 3.27. The number of carbonyl (C=O) groups is 1.